The van der Waals surface area contributed by atoms with Gasteiger partial charge in [-0.2, -0.15) is 0 Å². The Morgan fingerprint density at radius 2 is 1.70 bits per heavy atom. The molecule has 60 heavy (non-hydrogen) atoms. The average molecular weight is 821 g/mol. The molecule has 0 bridgehead atoms. The number of amides is 5. The van der Waals surface area contributed by atoms with Crippen LogP contribution >= 0.6 is 0 Å². The standard InChI is InChI=1S/C46H60N8O6/c1-7-31(2)42(39-26-49-44(58)54(39)28-35-17-16-32(3)48-25-35)43(57)51-38(23-33-13-9-8-10-14-33)40(55)29-53(52-41(56)24-46(4,5)30-50-45(59)60-6)27-34-18-20-36(21-19-34)37-15-11-12-22-47-37/h8-22,25,31,38-40,42,55H,7,23-24,26-30H2,1-6H3,(H,49,58)(H,50,59)(H,51,57)(H,52,56). The van der Waals surface area contributed by atoms with Crippen LogP contribution in [0.2, 0.25) is 0 Å². The van der Waals surface area contributed by atoms with Crippen molar-refractivity contribution in [3.8, 4) is 11.3 Å². The molecule has 0 spiro atoms. The van der Waals surface area contributed by atoms with Crippen LogP contribution in [0.15, 0.2) is 97.3 Å². The van der Waals surface area contributed by atoms with Crippen LogP contribution in [0.5, 0.6) is 0 Å². The number of aryl methyl sites for hydroxylation is 1. The summed E-state index contributed by atoms with van der Waals surface area (Å²) in [7, 11) is 1.28. The molecule has 1 aliphatic heterocycles. The van der Waals surface area contributed by atoms with Gasteiger partial charge in [0.05, 0.1) is 36.9 Å². The van der Waals surface area contributed by atoms with Gasteiger partial charge in [0.15, 0.2) is 0 Å². The van der Waals surface area contributed by atoms with Crippen molar-refractivity contribution in [2.45, 2.75) is 85.2 Å². The second-order valence-corrected chi connectivity index (χ2v) is 16.5. The fourth-order valence-electron chi connectivity index (χ4n) is 7.48. The van der Waals surface area contributed by atoms with Crippen molar-refractivity contribution in [3.63, 3.8) is 0 Å². The molecule has 2 aromatic heterocycles. The molecule has 3 heterocycles. The lowest BCUT2D eigenvalue weighted by Crippen LogP contribution is -2.56. The highest BCUT2D eigenvalue weighted by Gasteiger charge is 2.43. The lowest BCUT2D eigenvalue weighted by atomic mass is 9.83. The van der Waals surface area contributed by atoms with E-state index < -0.39 is 35.6 Å². The van der Waals surface area contributed by atoms with E-state index in [-0.39, 0.29) is 49.8 Å². The highest BCUT2D eigenvalue weighted by Crippen LogP contribution is 2.28. The molecule has 2 aromatic carbocycles. The van der Waals surface area contributed by atoms with Gasteiger partial charge in [-0.15, -0.1) is 0 Å². The van der Waals surface area contributed by atoms with Gasteiger partial charge in [0.2, 0.25) is 11.8 Å². The van der Waals surface area contributed by atoms with E-state index in [1.807, 2.05) is 120 Å². The third-order valence-corrected chi connectivity index (χ3v) is 11.0. The first-order valence-electron chi connectivity index (χ1n) is 20.6. The molecule has 1 saturated heterocycles. The summed E-state index contributed by atoms with van der Waals surface area (Å²) in [6.45, 7) is 10.7. The summed E-state index contributed by atoms with van der Waals surface area (Å²) < 4.78 is 4.71. The zero-order valence-electron chi connectivity index (χ0n) is 35.6. The largest absolute Gasteiger partial charge is 0.453 e. The minimum Gasteiger partial charge on any atom is -0.453 e. The maximum Gasteiger partial charge on any atom is 0.406 e. The first-order chi connectivity index (χ1) is 28.7. The number of alkyl carbamates (subject to hydrolysis) is 1. The number of nitrogens with zero attached hydrogens (tertiary/aromatic N) is 4. The molecule has 0 radical (unpaired) electrons. The Morgan fingerprint density at radius 3 is 2.35 bits per heavy atom. The van der Waals surface area contributed by atoms with Gasteiger partial charge in [0.1, 0.15) is 0 Å². The van der Waals surface area contributed by atoms with Crippen molar-refractivity contribution in [1.29, 1.82) is 0 Å². The molecule has 1 fully saturated rings. The van der Waals surface area contributed by atoms with E-state index in [2.05, 4.69) is 31.3 Å². The smallest absolute Gasteiger partial charge is 0.406 e. The summed E-state index contributed by atoms with van der Waals surface area (Å²) in [5, 5.41) is 22.7. The molecular formula is C46H60N8O6. The lowest BCUT2D eigenvalue weighted by molar-refractivity contribution is -0.132. The Hall–Kier alpha value is -5.86. The molecule has 5 amide bonds. The topological polar surface area (TPSA) is 178 Å². The predicted molar refractivity (Wildman–Crippen MR) is 230 cm³/mol. The van der Waals surface area contributed by atoms with Crippen molar-refractivity contribution in [2.75, 3.05) is 26.7 Å². The van der Waals surface area contributed by atoms with E-state index in [0.717, 1.165) is 33.6 Å². The summed E-state index contributed by atoms with van der Waals surface area (Å²) in [6, 6.07) is 25.6. The third kappa shape index (κ3) is 13.1. The van der Waals surface area contributed by atoms with E-state index in [1.54, 1.807) is 22.3 Å². The zero-order valence-corrected chi connectivity index (χ0v) is 35.6. The summed E-state index contributed by atoms with van der Waals surface area (Å²) in [6.07, 6.45) is 2.83. The summed E-state index contributed by atoms with van der Waals surface area (Å²) in [4.78, 5) is 63.9. The second kappa shape index (κ2) is 21.4. The summed E-state index contributed by atoms with van der Waals surface area (Å²) in [5.41, 5.74) is 7.67. The number of benzene rings is 2. The summed E-state index contributed by atoms with van der Waals surface area (Å²) in [5.74, 6) is -1.27. The zero-order chi connectivity index (χ0) is 43.2. The number of aromatic nitrogens is 2. The SMILES string of the molecule is CCC(C)C(C(=O)NC(Cc1ccccc1)C(O)CN(Cc1ccc(-c2ccccn2)cc1)NC(=O)CC(C)(C)CNC(=O)OC)C1CNC(=O)N1Cc1ccc(C)nc1. The number of urea groups is 1. The predicted octanol–water partition coefficient (Wildman–Crippen LogP) is 5.40. The first kappa shape index (κ1) is 45.2. The first-order valence-corrected chi connectivity index (χ1v) is 20.6. The quantitative estimate of drug-likeness (QED) is 0.0731. The van der Waals surface area contributed by atoms with Crippen LogP contribution in [-0.2, 0) is 33.8 Å². The molecule has 14 nitrogen and oxygen atoms in total. The maximum atomic E-state index is 14.6. The fraction of sp³-hybridized carbons (Fsp3) is 0.435. The van der Waals surface area contributed by atoms with Crippen LogP contribution < -0.4 is 21.4 Å². The number of pyridine rings is 2. The molecular weight excluding hydrogens is 761 g/mol. The monoisotopic (exact) mass is 820 g/mol. The number of hydrogen-bond acceptors (Lipinski definition) is 9. The Kier molecular flexibility index (Phi) is 16.1. The van der Waals surface area contributed by atoms with Gasteiger partial charge in [-0.1, -0.05) is 101 Å². The Morgan fingerprint density at radius 1 is 0.983 bits per heavy atom. The van der Waals surface area contributed by atoms with Gasteiger partial charge >= 0.3 is 12.1 Å². The minimum absolute atomic E-state index is 0.0314. The fourth-order valence-corrected chi connectivity index (χ4v) is 7.48. The van der Waals surface area contributed by atoms with Gasteiger partial charge < -0.3 is 30.7 Å². The van der Waals surface area contributed by atoms with Crippen LogP contribution in [0.1, 0.15) is 62.9 Å². The van der Waals surface area contributed by atoms with Gasteiger partial charge in [0.25, 0.3) is 0 Å². The molecule has 5 unspecified atom stereocenters. The number of carbonyl (C=O) groups is 4. The van der Waals surface area contributed by atoms with Gasteiger partial charge in [0, 0.05) is 62.8 Å². The number of rotatable bonds is 20. The number of hydrazine groups is 1. The molecule has 1 aliphatic rings. The Balaban J connectivity index is 1.39. The van der Waals surface area contributed by atoms with Gasteiger partial charge in [-0.05, 0) is 59.6 Å². The van der Waals surface area contributed by atoms with Crippen LogP contribution in [-0.4, -0.2) is 93.9 Å². The molecule has 5 rings (SSSR count). The molecule has 5 atom stereocenters. The maximum absolute atomic E-state index is 14.6. The van der Waals surface area contributed by atoms with Crippen molar-refractivity contribution in [3.05, 3.63) is 120 Å². The average Bonchev–Trinajstić information content (AvgIpc) is 3.59. The number of aliphatic hydroxyl groups excluding tert-OH is 1. The number of carbonyl (C=O) groups excluding carboxylic acids is 4. The number of ether oxygens (including phenoxy) is 1. The Bertz CT molecular complexity index is 2000. The lowest BCUT2D eigenvalue weighted by Gasteiger charge is -2.36. The van der Waals surface area contributed by atoms with E-state index in [1.165, 1.54) is 7.11 Å². The number of nitrogens with one attached hydrogen (secondary N) is 4. The van der Waals surface area contributed by atoms with Crippen molar-refractivity contribution >= 4 is 23.9 Å². The molecule has 5 N–H and O–H groups in total. The molecule has 4 aromatic rings. The van der Waals surface area contributed by atoms with Crippen molar-refractivity contribution in [2.24, 2.45) is 17.3 Å². The molecule has 14 heteroatoms. The van der Waals surface area contributed by atoms with E-state index in [0.29, 0.717) is 25.9 Å². The van der Waals surface area contributed by atoms with Gasteiger partial charge in [-0.25, -0.2) is 14.6 Å². The third-order valence-electron chi connectivity index (χ3n) is 11.0. The molecule has 0 aliphatic carbocycles. The van der Waals surface area contributed by atoms with E-state index in [4.69, 9.17) is 4.74 Å². The van der Waals surface area contributed by atoms with E-state index in [9.17, 15) is 24.3 Å². The van der Waals surface area contributed by atoms with Crippen LogP contribution in [0.3, 0.4) is 0 Å². The van der Waals surface area contributed by atoms with Gasteiger partial charge in [-0.3, -0.25) is 25.0 Å². The minimum atomic E-state index is -1.15. The second-order valence-electron chi connectivity index (χ2n) is 16.5. The van der Waals surface area contributed by atoms with Crippen molar-refractivity contribution < 1.29 is 29.0 Å². The Labute approximate surface area is 353 Å². The number of aliphatic hydroxyl groups is 1. The highest BCUT2D eigenvalue weighted by molar-refractivity contribution is 5.83. The van der Waals surface area contributed by atoms with E-state index >= 15 is 0 Å². The van der Waals surface area contributed by atoms with Crippen LogP contribution in [0.4, 0.5) is 9.59 Å². The summed E-state index contributed by atoms with van der Waals surface area (Å²) >= 11 is 0. The number of hydrogen-bond donors (Lipinski definition) is 5. The highest BCUT2D eigenvalue weighted by atomic mass is 16.5. The molecule has 320 valence electrons. The van der Waals surface area contributed by atoms with Crippen molar-refractivity contribution in [1.82, 2.24) is 41.3 Å². The molecule has 0 saturated carbocycles. The van der Waals surface area contributed by atoms with Crippen LogP contribution in [0.25, 0.3) is 11.3 Å². The normalized spacial score (nSPS) is 16.0. The van der Waals surface area contributed by atoms with Crippen LogP contribution in [0, 0.1) is 24.2 Å². The number of methoxy groups -OCH3 is 1.